The van der Waals surface area contributed by atoms with Gasteiger partial charge in [0.05, 0.1) is 30.1 Å². The molecule has 4 aliphatic heterocycles. The number of carboxylic acid groups (broad SMARTS) is 1. The smallest absolute Gasteiger partial charge is 0.352 e. The number of fused-ring (bicyclic) bond motifs is 1. The highest BCUT2D eigenvalue weighted by atomic mass is 35.5. The number of aliphatic carboxylic acids is 1. The molecular weight excluding hydrogens is 1300 g/mol. The van der Waals surface area contributed by atoms with E-state index in [0.717, 1.165) is 83.5 Å². The van der Waals surface area contributed by atoms with Crippen molar-refractivity contribution < 1.29 is 54.2 Å². The number of aliphatic hydroxyl groups is 4. The van der Waals surface area contributed by atoms with Gasteiger partial charge in [-0.15, -0.1) is 54.8 Å². The van der Waals surface area contributed by atoms with Gasteiger partial charge in [-0.05, 0) is 73.9 Å². The van der Waals surface area contributed by atoms with E-state index in [9.17, 15) is 53.9 Å². The molecule has 506 valence electrons. The predicted molar refractivity (Wildman–Crippen MR) is 339 cm³/mol. The van der Waals surface area contributed by atoms with Gasteiger partial charge in [0.2, 0.25) is 0 Å². The second-order valence-electron chi connectivity index (χ2n) is 20.9. The van der Waals surface area contributed by atoms with Crippen molar-refractivity contribution in [3.63, 3.8) is 0 Å². The van der Waals surface area contributed by atoms with Gasteiger partial charge in [0.25, 0.3) is 11.8 Å². The number of nitrogens with zero attached hydrogens (tertiary/aromatic N) is 17. The van der Waals surface area contributed by atoms with E-state index in [4.69, 9.17) is 73.0 Å². The summed E-state index contributed by atoms with van der Waals surface area (Å²) in [7, 11) is 5.93. The normalized spacial score (nSPS) is 20.7. The topological polar surface area (TPSA) is 471 Å². The Labute approximate surface area is 543 Å². The molecule has 9 rings (SSSR count). The first-order chi connectivity index (χ1) is 43.3. The third kappa shape index (κ3) is 24.4. The maximum Gasteiger partial charge on any atom is 0.352 e. The van der Waals surface area contributed by atoms with E-state index in [2.05, 4.69) is 82.6 Å². The lowest BCUT2D eigenvalue weighted by Gasteiger charge is -2.40. The third-order valence-corrected chi connectivity index (χ3v) is 19.7. The number of primary amides is 2. The number of rotatable bonds is 23. The van der Waals surface area contributed by atoms with Gasteiger partial charge in [-0.2, -0.15) is 14.7 Å². The average Bonchev–Trinajstić information content (AvgIpc) is 1.59. The number of amides is 6. The molecule has 5 aliphatic rings. The van der Waals surface area contributed by atoms with Crippen LogP contribution in [0.4, 0.5) is 21.1 Å². The van der Waals surface area contributed by atoms with Crippen LogP contribution < -0.4 is 32.7 Å². The van der Waals surface area contributed by atoms with E-state index >= 15 is 0 Å². The van der Waals surface area contributed by atoms with Crippen LogP contribution in [-0.4, -0.2) is 260 Å². The molecule has 0 unspecified atom stereocenters. The zero-order valence-corrected chi connectivity index (χ0v) is 54.8. The molecular formula is C50H80Cl3N22O14PS. The number of carbonyl (C=O) groups excluding carboxylic acids is 4. The first-order valence-corrected chi connectivity index (χ1v) is 32.7. The summed E-state index contributed by atoms with van der Waals surface area (Å²) in [6.45, 7) is 9.56. The number of nitroso groups, excluding NO2 is 2. The minimum Gasteiger partial charge on any atom is -0.481 e. The van der Waals surface area contributed by atoms with Crippen LogP contribution in [0.25, 0.3) is 5.65 Å². The minimum atomic E-state index is -1.63. The Hall–Kier alpha value is -6.74. The quantitative estimate of drug-likeness (QED) is 0.0124. The zero-order valence-electron chi connectivity index (χ0n) is 50.8. The van der Waals surface area contributed by atoms with Crippen molar-refractivity contribution in [3.05, 3.63) is 74.2 Å². The fourth-order valence-corrected chi connectivity index (χ4v) is 13.5. The fraction of sp³-hybridized carbons (Fsp3) is 0.640. The van der Waals surface area contributed by atoms with Crippen LogP contribution in [0, 0.1) is 15.7 Å². The molecule has 0 bridgehead atoms. The van der Waals surface area contributed by atoms with Gasteiger partial charge in [-0.1, -0.05) is 29.5 Å². The van der Waals surface area contributed by atoms with Crippen LogP contribution in [0.2, 0.25) is 0 Å². The van der Waals surface area contributed by atoms with Crippen LogP contribution in [0.1, 0.15) is 72.0 Å². The number of carbonyl (C=O) groups is 5. The summed E-state index contributed by atoms with van der Waals surface area (Å²) in [5.74, 6) is 0.226. The Bertz CT molecular complexity index is 3070. The molecule has 0 spiro atoms. The Kier molecular flexibility index (Phi) is 32.3. The van der Waals surface area contributed by atoms with Crippen LogP contribution in [-0.2, 0) is 34.8 Å². The number of halogens is 3. The van der Waals surface area contributed by atoms with Gasteiger partial charge < -0.3 is 62.3 Å². The molecule has 3 aromatic heterocycles. The van der Waals surface area contributed by atoms with Crippen LogP contribution in [0.15, 0.2) is 62.6 Å². The highest BCUT2D eigenvalue weighted by Gasteiger charge is 2.51. The van der Waals surface area contributed by atoms with Crippen molar-refractivity contribution in [1.29, 1.82) is 0 Å². The van der Waals surface area contributed by atoms with E-state index in [1.165, 1.54) is 64.0 Å². The Morgan fingerprint density at radius 3 is 1.88 bits per heavy atom. The number of hydrogen-bond donors (Lipinski definition) is 10. The van der Waals surface area contributed by atoms with E-state index in [-0.39, 0.29) is 47.7 Å². The number of nitrogens with two attached hydrogens (primary N) is 2. The molecule has 1 aromatic carbocycles. The summed E-state index contributed by atoms with van der Waals surface area (Å²) in [5.41, 5.74) is 12.0. The van der Waals surface area contributed by atoms with Gasteiger partial charge in [0, 0.05) is 116 Å². The number of anilines is 1. The van der Waals surface area contributed by atoms with Crippen LogP contribution in [0.3, 0.4) is 0 Å². The number of hydrogen-bond acceptors (Lipinski definition) is 23. The molecule has 6 amide bonds. The molecule has 91 heavy (non-hydrogen) atoms. The van der Waals surface area contributed by atoms with Gasteiger partial charge in [0.1, 0.15) is 37.2 Å². The number of aliphatic hydroxyl groups excluding tert-OH is 4. The highest BCUT2D eigenvalue weighted by molar-refractivity contribution is 8.11. The number of ether oxygens (including phenoxy) is 1. The molecule has 7 heterocycles. The van der Waals surface area contributed by atoms with Crippen molar-refractivity contribution in [2.75, 3.05) is 109 Å². The number of aryl methyl sites for hydroxylation is 2. The maximum absolute atomic E-state index is 11.6. The van der Waals surface area contributed by atoms with E-state index in [1.54, 1.807) is 14.1 Å². The zero-order chi connectivity index (χ0) is 67.5. The standard InChI is InChI=1S/C14H19Cl2NO2.C10H18ClN3O2.C8H15N3O7.C6H6N6O2.C6H10N6O.C6H12N3PS/c15-8-10-17(11-9-16)13-6-4-12(5-7-13)2-1-3-14(18)19;1-8-2-4-9(5-3-8)12-10(15)14(13-16)7-6-11;1-11(10-17)8(16)9-4-6(14)5(13)3(2-12)18-7(4)15;1-11-6(14)12-2-8-3(4(7)13)5(12)9-10-11;1-12(2)11-10-6-4(5(7)13)8-3-9-6;11-10(7-1-2-7,8-3-4-8)9-5-6-9/h4-7H,1-3,8-11H2,(H,18,19);8-9H,2-7H2,1H3,(H,12,15);3-7,12-15H,2H2,1H3,(H,9,16);2H,1H3,(H2,7,13);3H,1-2H3,(H2,7,13)(H,8,9);1-6H2/b;;;;11-10+;/t;;3-,4-,5-,6-,7+;;;/m..1.../s1. The molecule has 12 N–H and O–H groups in total. The first kappa shape index (κ1) is 76.7. The molecule has 36 nitrogen and oxygen atoms in total. The monoisotopic (exact) mass is 1380 g/mol. The van der Waals surface area contributed by atoms with E-state index in [0.29, 0.717) is 23.2 Å². The summed E-state index contributed by atoms with van der Waals surface area (Å²) in [6, 6.07) is 5.55. The molecule has 1 saturated carbocycles. The fourth-order valence-electron chi connectivity index (χ4n) is 8.52. The summed E-state index contributed by atoms with van der Waals surface area (Å²) >= 11 is 22.8. The summed E-state index contributed by atoms with van der Waals surface area (Å²) in [6.07, 6.45) is 2.54. The first-order valence-electron chi connectivity index (χ1n) is 28.5. The average molecular weight is 1380 g/mol. The van der Waals surface area contributed by atoms with E-state index < -0.39 is 79.3 Å². The lowest BCUT2D eigenvalue weighted by atomic mass is 9.87. The number of carboxylic acids is 1. The molecule has 41 heteroatoms. The number of aromatic amines is 1. The summed E-state index contributed by atoms with van der Waals surface area (Å²) in [4.78, 5) is 98.9. The Balaban J connectivity index is 0.000000235. The minimum absolute atomic E-state index is 0.0600. The molecule has 4 aromatic rings. The van der Waals surface area contributed by atoms with Crippen molar-refractivity contribution in [3.8, 4) is 0 Å². The molecule has 4 saturated heterocycles. The number of alkyl halides is 3. The molecule has 5 fully saturated rings. The number of benzene rings is 1. The maximum atomic E-state index is 11.6. The number of nitrogens with one attached hydrogen (secondary N) is 3. The Morgan fingerprint density at radius 1 is 0.824 bits per heavy atom. The van der Waals surface area contributed by atoms with Crippen molar-refractivity contribution in [2.45, 2.75) is 88.6 Å². The van der Waals surface area contributed by atoms with Gasteiger partial charge in [-0.3, -0.25) is 19.4 Å². The molecule has 1 aliphatic carbocycles. The summed E-state index contributed by atoms with van der Waals surface area (Å²) < 4.78 is 14.4. The molecule has 5 atom stereocenters. The van der Waals surface area contributed by atoms with E-state index in [1.807, 2.05) is 24.3 Å². The van der Waals surface area contributed by atoms with Gasteiger partial charge in [-0.25, -0.2) is 42.8 Å². The number of imidazole rings is 2. The van der Waals surface area contributed by atoms with Crippen molar-refractivity contribution in [2.24, 2.45) is 45.3 Å². The second kappa shape index (κ2) is 38.3. The van der Waals surface area contributed by atoms with Gasteiger partial charge >= 0.3 is 23.7 Å². The van der Waals surface area contributed by atoms with Crippen LogP contribution in [0.5, 0.6) is 0 Å². The highest BCUT2D eigenvalue weighted by Crippen LogP contribution is 2.65. The predicted octanol–water partition coefficient (Wildman–Crippen LogP) is 1.13. The van der Waals surface area contributed by atoms with Crippen molar-refractivity contribution >= 4 is 100 Å². The lowest BCUT2D eigenvalue weighted by molar-refractivity contribution is -0.252. The third-order valence-electron chi connectivity index (χ3n) is 13.7. The largest absolute Gasteiger partial charge is 0.481 e. The number of H-pyrrole nitrogens is 1. The van der Waals surface area contributed by atoms with Crippen LogP contribution >= 0.6 is 41.3 Å². The lowest BCUT2D eigenvalue weighted by Crippen LogP contribution is -2.64. The summed E-state index contributed by atoms with van der Waals surface area (Å²) in [5, 5.41) is 73.3. The second-order valence-corrected chi connectivity index (χ2v) is 26.2. The number of aromatic nitrogens is 7. The SMILES string of the molecule is CC1CCC(NC(=O)N(CCCl)N=O)CC1.CN(C)/N=N/c1[nH]cnc1C(N)=O.CN(N=O)C(=O)N[C@@H]1[C@@H](O)[C@H](O)[C@@H](CO)O[C@@H]1O.Cn1nnc2c(C(N)=O)ncn2c1=O.O=C(O)CCCc1ccc(N(CCCl)CCCl)cc1.S=P(N1CC1)(N1CC1)N1CC1. The Morgan fingerprint density at radius 2 is 1.40 bits per heavy atom. The van der Waals surface area contributed by atoms with Gasteiger partial charge in [0.15, 0.2) is 29.1 Å². The molecule has 0 radical (unpaired) electrons. The number of urea groups is 2. The van der Waals surface area contributed by atoms with Crippen molar-refractivity contribution in [1.82, 2.24) is 74.0 Å².